The number of ether oxygens (including phenoxy) is 1. The predicted octanol–water partition coefficient (Wildman–Crippen LogP) is -0.356. The normalized spacial score (nSPS) is 11.5. The van der Waals surface area contributed by atoms with Crippen LogP contribution in [0.3, 0.4) is 0 Å². The van der Waals surface area contributed by atoms with Crippen LogP contribution in [0.15, 0.2) is 41.0 Å². The van der Waals surface area contributed by atoms with E-state index in [1.807, 2.05) is 0 Å². The first-order valence-electron chi connectivity index (χ1n) is 4.38. The average molecular weight is 326 g/mol. The summed E-state index contributed by atoms with van der Waals surface area (Å²) in [7, 11) is -4.78. The number of hydrogen-bond donors (Lipinski definition) is 0. The van der Waals surface area contributed by atoms with Crippen molar-refractivity contribution in [2.45, 2.75) is 11.1 Å². The summed E-state index contributed by atoms with van der Waals surface area (Å²) >= 11 is 0. The summed E-state index contributed by atoms with van der Waals surface area (Å²) in [5.41, 5.74) is 0. The minimum absolute atomic E-state index is 0. The number of benzene rings is 1. The van der Waals surface area contributed by atoms with E-state index in [1.54, 1.807) is 0 Å². The van der Waals surface area contributed by atoms with E-state index < -0.39 is 38.8 Å². The zero-order chi connectivity index (χ0) is 14.8. The van der Waals surface area contributed by atoms with E-state index in [9.17, 15) is 34.9 Å². The van der Waals surface area contributed by atoms with E-state index in [4.69, 9.17) is 0 Å². The van der Waals surface area contributed by atoms with Crippen molar-refractivity contribution in [1.29, 1.82) is 0 Å². The molecule has 1 aromatic rings. The van der Waals surface area contributed by atoms with E-state index >= 15 is 0 Å². The quantitative estimate of drug-likeness (QED) is 0.329. The number of allylic oxidation sites excluding steroid dienone is 1. The minimum atomic E-state index is -5.40. The smallest absolute Gasteiger partial charge is 0.744 e. The van der Waals surface area contributed by atoms with Crippen LogP contribution in [0, 0.1) is 0 Å². The second kappa shape index (κ2) is 6.85. The molecule has 1 rings (SSSR count). The first-order valence-corrected chi connectivity index (χ1v) is 5.79. The van der Waals surface area contributed by atoms with Gasteiger partial charge in [0, 0.05) is 0 Å². The van der Waals surface area contributed by atoms with Gasteiger partial charge in [-0.05, 0) is 24.3 Å². The van der Waals surface area contributed by atoms with Crippen LogP contribution in [-0.2, 0) is 10.1 Å². The van der Waals surface area contributed by atoms with Gasteiger partial charge in [0.1, 0.15) is 15.9 Å². The van der Waals surface area contributed by atoms with Crippen molar-refractivity contribution in [3.8, 4) is 5.75 Å². The number of halogens is 5. The molecule has 0 unspecified atom stereocenters. The number of hydrogen-bond acceptors (Lipinski definition) is 4. The van der Waals surface area contributed by atoms with Crippen LogP contribution in [-0.4, -0.2) is 19.1 Å². The molecular weight excluding hydrogens is 322 g/mol. The maximum atomic E-state index is 12.1. The maximum absolute atomic E-state index is 12.1. The van der Waals surface area contributed by atoms with E-state index in [2.05, 4.69) is 4.74 Å². The van der Waals surface area contributed by atoms with E-state index in [-0.39, 0.29) is 29.6 Å². The van der Waals surface area contributed by atoms with Crippen LogP contribution >= 0.6 is 0 Å². The van der Waals surface area contributed by atoms with Gasteiger partial charge in [-0.1, -0.05) is 0 Å². The molecule has 20 heavy (non-hydrogen) atoms. The second-order valence-corrected chi connectivity index (χ2v) is 4.49. The third-order valence-corrected chi connectivity index (χ3v) is 2.61. The van der Waals surface area contributed by atoms with Gasteiger partial charge in [0.2, 0.25) is 0 Å². The second-order valence-electron chi connectivity index (χ2n) is 3.11. The Bertz CT molecular complexity index is 590. The molecule has 1 aromatic carbocycles. The predicted molar refractivity (Wildman–Crippen MR) is 50.3 cm³/mol. The Morgan fingerprint density at radius 2 is 1.55 bits per heavy atom. The zero-order valence-corrected chi connectivity index (χ0v) is 12.6. The summed E-state index contributed by atoms with van der Waals surface area (Å²) in [6.45, 7) is 0. The Balaban J connectivity index is 0.00000361. The Morgan fingerprint density at radius 1 is 1.10 bits per heavy atom. The number of rotatable bonds is 3. The van der Waals surface area contributed by atoms with Crippen LogP contribution in [0.1, 0.15) is 0 Å². The monoisotopic (exact) mass is 326 g/mol. The Kier molecular flexibility index (Phi) is 6.62. The molecule has 106 valence electrons. The molecule has 0 radical (unpaired) electrons. The van der Waals surface area contributed by atoms with Gasteiger partial charge < -0.3 is 9.29 Å². The van der Waals surface area contributed by atoms with Gasteiger partial charge in [-0.15, -0.1) is 0 Å². The minimum Gasteiger partial charge on any atom is -0.744 e. The topological polar surface area (TPSA) is 66.4 Å². The van der Waals surface area contributed by atoms with Crippen LogP contribution < -0.4 is 34.3 Å². The maximum Gasteiger partial charge on any atom is 1.00 e. The number of alkyl halides is 3. The molecule has 0 aliphatic rings. The molecule has 0 aromatic heterocycles. The summed E-state index contributed by atoms with van der Waals surface area (Å²) in [4.78, 5) is -0.724. The average Bonchev–Trinajstić information content (AvgIpc) is 2.23. The van der Waals surface area contributed by atoms with E-state index in [0.717, 1.165) is 0 Å². The van der Waals surface area contributed by atoms with Gasteiger partial charge in [-0.2, -0.15) is 22.0 Å². The molecule has 0 aliphatic carbocycles. The zero-order valence-electron chi connectivity index (χ0n) is 9.74. The fourth-order valence-electron chi connectivity index (χ4n) is 0.996. The van der Waals surface area contributed by atoms with Gasteiger partial charge in [0.05, 0.1) is 4.90 Å². The summed E-state index contributed by atoms with van der Waals surface area (Å²) in [5, 5.41) is 0. The van der Waals surface area contributed by atoms with E-state index in [1.165, 1.54) is 0 Å². The first-order chi connectivity index (χ1) is 8.51. The fraction of sp³-hybridized carbons (Fsp3) is 0.111. The van der Waals surface area contributed by atoms with Crippen molar-refractivity contribution in [3.63, 3.8) is 0 Å². The van der Waals surface area contributed by atoms with E-state index in [0.29, 0.717) is 24.3 Å². The van der Waals surface area contributed by atoms with Gasteiger partial charge in [0.15, 0.2) is 0 Å². The Labute approximate surface area is 132 Å². The van der Waals surface area contributed by atoms with Crippen LogP contribution in [0.2, 0.25) is 0 Å². The van der Waals surface area contributed by atoms with Crippen molar-refractivity contribution in [3.05, 3.63) is 36.1 Å². The molecular formula is C9H4F5NaO4S. The molecule has 0 heterocycles. The van der Waals surface area contributed by atoms with Crippen LogP contribution in [0.4, 0.5) is 22.0 Å². The molecule has 0 saturated carbocycles. The van der Waals surface area contributed by atoms with Crippen molar-refractivity contribution < 1.29 is 69.2 Å². The molecule has 0 saturated heterocycles. The molecule has 0 atom stereocenters. The van der Waals surface area contributed by atoms with Gasteiger partial charge in [-0.3, -0.25) is 0 Å². The third kappa shape index (κ3) is 5.37. The largest absolute Gasteiger partial charge is 1.00 e. The molecule has 0 amide bonds. The summed E-state index contributed by atoms with van der Waals surface area (Å²) in [6, 6.07) is 2.59. The van der Waals surface area contributed by atoms with Crippen molar-refractivity contribution in [2.24, 2.45) is 0 Å². The van der Waals surface area contributed by atoms with Crippen LogP contribution in [0.5, 0.6) is 5.75 Å². The van der Waals surface area contributed by atoms with Crippen molar-refractivity contribution >= 4 is 10.1 Å². The van der Waals surface area contributed by atoms with Crippen molar-refractivity contribution in [2.75, 3.05) is 0 Å². The Morgan fingerprint density at radius 3 is 1.85 bits per heavy atom. The molecule has 0 fully saturated rings. The molecule has 0 N–H and O–H groups in total. The summed E-state index contributed by atoms with van der Waals surface area (Å²) in [6.07, 6.45) is -8.48. The van der Waals surface area contributed by atoms with Gasteiger partial charge >= 0.3 is 41.8 Å². The molecule has 4 nitrogen and oxygen atoms in total. The summed E-state index contributed by atoms with van der Waals surface area (Å²) < 4.78 is 95.9. The SMILES string of the molecule is O=S(=O)([O-])c1ccc(OC(=C(F)F)C(F)(F)F)cc1.[Na+]. The Hall–Kier alpha value is -0.680. The molecule has 0 aliphatic heterocycles. The van der Waals surface area contributed by atoms with Crippen LogP contribution in [0.25, 0.3) is 0 Å². The summed E-state index contributed by atoms with van der Waals surface area (Å²) in [5.74, 6) is -3.20. The molecule has 11 heteroatoms. The fourth-order valence-corrected chi connectivity index (χ4v) is 1.47. The van der Waals surface area contributed by atoms with Crippen molar-refractivity contribution in [1.82, 2.24) is 0 Å². The standard InChI is InChI=1S/C9H5F5O4S.Na/c10-8(11)7(9(12,13)14)18-5-1-3-6(4-2-5)19(15,16)17;/h1-4H,(H,15,16,17);/q;+1/p-1. The van der Waals surface area contributed by atoms with Gasteiger partial charge in [0.25, 0.3) is 5.76 Å². The molecule has 0 bridgehead atoms. The molecule has 0 spiro atoms. The third-order valence-electron chi connectivity index (χ3n) is 1.76. The first kappa shape index (κ1) is 19.3. The van der Waals surface area contributed by atoms with Gasteiger partial charge in [-0.25, -0.2) is 8.42 Å².